The lowest BCUT2D eigenvalue weighted by Crippen LogP contribution is -2.58. The van der Waals surface area contributed by atoms with Gasteiger partial charge in [0.15, 0.2) is 0 Å². The highest BCUT2D eigenvalue weighted by Gasteiger charge is 2.40. The van der Waals surface area contributed by atoms with Gasteiger partial charge in [0, 0.05) is 13.1 Å². The van der Waals surface area contributed by atoms with Crippen LogP contribution in [0.25, 0.3) is 0 Å². The van der Waals surface area contributed by atoms with Gasteiger partial charge in [0.2, 0.25) is 0 Å². The van der Waals surface area contributed by atoms with Gasteiger partial charge in [-0.1, -0.05) is 13.8 Å². The van der Waals surface area contributed by atoms with Crippen LogP contribution in [-0.4, -0.2) is 34.2 Å². The molecule has 2 N–H and O–H groups in total. The molecule has 1 fully saturated rings. The molecule has 70 valence electrons. The number of thioether (sulfide) groups is 1. The second kappa shape index (κ2) is 3.66. The molecular weight excluding hydrogens is 174 g/mol. The summed E-state index contributed by atoms with van der Waals surface area (Å²) in [5, 5.41) is 12.3. The highest BCUT2D eigenvalue weighted by Crippen LogP contribution is 2.35. The molecule has 0 aliphatic carbocycles. The predicted octanol–water partition coefficient (Wildman–Crippen LogP) is 0.945. The number of carboxylic acid groups (broad SMARTS) is 1. The SMILES string of the molecule is CC(C)SC1(CC(=O)O)CNC1. The summed E-state index contributed by atoms with van der Waals surface area (Å²) in [6, 6.07) is 0. The van der Waals surface area contributed by atoms with E-state index in [1.54, 1.807) is 11.8 Å². The lowest BCUT2D eigenvalue weighted by Gasteiger charge is -2.42. The Labute approximate surface area is 76.9 Å². The number of carboxylic acids is 1. The van der Waals surface area contributed by atoms with Crippen LogP contribution in [0.1, 0.15) is 20.3 Å². The van der Waals surface area contributed by atoms with Gasteiger partial charge in [-0.05, 0) is 5.25 Å². The van der Waals surface area contributed by atoms with Crippen LogP contribution in [0.15, 0.2) is 0 Å². The average Bonchev–Trinajstić information content (AvgIpc) is 1.80. The molecule has 1 aliphatic rings. The van der Waals surface area contributed by atoms with Crippen LogP contribution < -0.4 is 5.32 Å². The Morgan fingerprint density at radius 2 is 2.25 bits per heavy atom. The van der Waals surface area contributed by atoms with E-state index < -0.39 is 5.97 Å². The summed E-state index contributed by atoms with van der Waals surface area (Å²) in [5.41, 5.74) is 0. The third-order valence-corrected chi connectivity index (χ3v) is 3.26. The van der Waals surface area contributed by atoms with E-state index in [1.165, 1.54) is 0 Å². The van der Waals surface area contributed by atoms with Crippen LogP contribution in [0, 0.1) is 0 Å². The van der Waals surface area contributed by atoms with Crippen LogP contribution in [0.3, 0.4) is 0 Å². The summed E-state index contributed by atoms with van der Waals surface area (Å²) in [6.45, 7) is 5.88. The fourth-order valence-electron chi connectivity index (χ4n) is 1.43. The molecule has 0 atom stereocenters. The summed E-state index contributed by atoms with van der Waals surface area (Å²) in [6.07, 6.45) is 0.281. The third-order valence-electron chi connectivity index (χ3n) is 1.85. The molecule has 0 amide bonds. The normalized spacial score (nSPS) is 20.6. The van der Waals surface area contributed by atoms with Crippen molar-refractivity contribution >= 4 is 17.7 Å². The topological polar surface area (TPSA) is 49.3 Å². The Kier molecular flexibility index (Phi) is 3.01. The van der Waals surface area contributed by atoms with Crippen molar-refractivity contribution in [3.63, 3.8) is 0 Å². The highest BCUT2D eigenvalue weighted by molar-refractivity contribution is 8.01. The summed E-state index contributed by atoms with van der Waals surface area (Å²) in [5.74, 6) is -0.690. The van der Waals surface area contributed by atoms with E-state index in [4.69, 9.17) is 5.11 Å². The van der Waals surface area contributed by atoms with Crippen molar-refractivity contribution in [1.29, 1.82) is 0 Å². The molecule has 3 nitrogen and oxygen atoms in total. The summed E-state index contributed by atoms with van der Waals surface area (Å²) in [7, 11) is 0. The van der Waals surface area contributed by atoms with Gasteiger partial charge in [0.1, 0.15) is 0 Å². The number of rotatable bonds is 4. The Bertz CT molecular complexity index is 178. The van der Waals surface area contributed by atoms with Gasteiger partial charge in [-0.15, -0.1) is 11.8 Å². The highest BCUT2D eigenvalue weighted by atomic mass is 32.2. The quantitative estimate of drug-likeness (QED) is 0.691. The van der Waals surface area contributed by atoms with Gasteiger partial charge in [-0.3, -0.25) is 4.79 Å². The molecule has 12 heavy (non-hydrogen) atoms. The molecule has 0 bridgehead atoms. The Balaban J connectivity index is 2.45. The largest absolute Gasteiger partial charge is 0.481 e. The predicted molar refractivity (Wildman–Crippen MR) is 50.6 cm³/mol. The minimum absolute atomic E-state index is 0.0278. The van der Waals surface area contributed by atoms with Gasteiger partial charge in [-0.25, -0.2) is 0 Å². The van der Waals surface area contributed by atoms with Gasteiger partial charge in [0.25, 0.3) is 0 Å². The fourth-order valence-corrected chi connectivity index (χ4v) is 3.01. The zero-order valence-corrected chi connectivity index (χ0v) is 8.28. The standard InChI is InChI=1S/C8H15NO2S/c1-6(2)12-8(3-7(10)11)4-9-5-8/h6,9H,3-5H2,1-2H3,(H,10,11). The molecular formula is C8H15NO2S. The van der Waals surface area contributed by atoms with Crippen LogP contribution in [0.4, 0.5) is 0 Å². The molecule has 0 saturated carbocycles. The van der Waals surface area contributed by atoms with Gasteiger partial charge < -0.3 is 10.4 Å². The molecule has 0 radical (unpaired) electrons. The first-order valence-electron chi connectivity index (χ1n) is 4.14. The van der Waals surface area contributed by atoms with E-state index in [-0.39, 0.29) is 11.2 Å². The molecule has 1 aliphatic heterocycles. The maximum atomic E-state index is 10.5. The van der Waals surface area contributed by atoms with Crippen LogP contribution in [-0.2, 0) is 4.79 Å². The molecule has 0 aromatic heterocycles. The zero-order chi connectivity index (χ0) is 9.19. The van der Waals surface area contributed by atoms with Crippen molar-refractivity contribution in [2.45, 2.75) is 30.3 Å². The first kappa shape index (κ1) is 9.86. The number of hydrogen-bond donors (Lipinski definition) is 2. The summed E-state index contributed by atoms with van der Waals surface area (Å²) in [4.78, 5) is 10.5. The molecule has 1 saturated heterocycles. The molecule has 1 heterocycles. The first-order valence-corrected chi connectivity index (χ1v) is 5.02. The van der Waals surface area contributed by atoms with E-state index in [1.807, 2.05) is 0 Å². The van der Waals surface area contributed by atoms with Crippen molar-refractivity contribution in [2.24, 2.45) is 0 Å². The molecule has 0 aromatic rings. The first-order chi connectivity index (χ1) is 5.54. The number of hydrogen-bond acceptors (Lipinski definition) is 3. The second-order valence-electron chi connectivity index (χ2n) is 3.52. The number of aliphatic carboxylic acids is 1. The minimum atomic E-state index is -0.690. The van der Waals surface area contributed by atoms with Crippen LogP contribution in [0.5, 0.6) is 0 Å². The van der Waals surface area contributed by atoms with E-state index in [9.17, 15) is 4.79 Å². The van der Waals surface area contributed by atoms with Crippen molar-refractivity contribution in [3.8, 4) is 0 Å². The summed E-state index contributed by atoms with van der Waals surface area (Å²) < 4.78 is -0.0278. The maximum Gasteiger partial charge on any atom is 0.304 e. The Hall–Kier alpha value is -0.220. The van der Waals surface area contributed by atoms with E-state index >= 15 is 0 Å². The average molecular weight is 189 g/mol. The molecule has 0 unspecified atom stereocenters. The third kappa shape index (κ3) is 2.38. The Morgan fingerprint density at radius 3 is 2.50 bits per heavy atom. The molecule has 1 rings (SSSR count). The summed E-state index contributed by atoms with van der Waals surface area (Å²) >= 11 is 1.77. The van der Waals surface area contributed by atoms with Crippen molar-refractivity contribution in [3.05, 3.63) is 0 Å². The Morgan fingerprint density at radius 1 is 1.67 bits per heavy atom. The van der Waals surface area contributed by atoms with Crippen molar-refractivity contribution in [1.82, 2.24) is 5.32 Å². The van der Waals surface area contributed by atoms with E-state index in [0.29, 0.717) is 5.25 Å². The zero-order valence-electron chi connectivity index (χ0n) is 7.46. The molecule has 4 heteroatoms. The number of carbonyl (C=O) groups is 1. The minimum Gasteiger partial charge on any atom is -0.481 e. The smallest absolute Gasteiger partial charge is 0.304 e. The van der Waals surface area contributed by atoms with Crippen LogP contribution in [0.2, 0.25) is 0 Å². The monoisotopic (exact) mass is 189 g/mol. The molecule has 0 aromatic carbocycles. The lowest BCUT2D eigenvalue weighted by atomic mass is 9.98. The number of nitrogens with one attached hydrogen (secondary N) is 1. The fraction of sp³-hybridized carbons (Fsp3) is 0.875. The van der Waals surface area contributed by atoms with Crippen molar-refractivity contribution in [2.75, 3.05) is 13.1 Å². The lowest BCUT2D eigenvalue weighted by molar-refractivity contribution is -0.138. The van der Waals surface area contributed by atoms with Crippen molar-refractivity contribution < 1.29 is 9.90 Å². The van der Waals surface area contributed by atoms with E-state index in [2.05, 4.69) is 19.2 Å². The van der Waals surface area contributed by atoms with E-state index in [0.717, 1.165) is 13.1 Å². The van der Waals surface area contributed by atoms with Gasteiger partial charge in [0.05, 0.1) is 11.2 Å². The van der Waals surface area contributed by atoms with Gasteiger partial charge >= 0.3 is 5.97 Å². The van der Waals surface area contributed by atoms with Gasteiger partial charge in [-0.2, -0.15) is 0 Å². The maximum absolute atomic E-state index is 10.5. The van der Waals surface area contributed by atoms with Crippen LogP contribution >= 0.6 is 11.8 Å². The molecule has 0 spiro atoms. The second-order valence-corrected chi connectivity index (χ2v) is 5.57.